The van der Waals surface area contributed by atoms with Crippen LogP contribution in [0.25, 0.3) is 0 Å². The second-order valence-electron chi connectivity index (χ2n) is 6.99. The Morgan fingerprint density at radius 3 is 2.25 bits per heavy atom. The molecule has 0 saturated heterocycles. The van der Waals surface area contributed by atoms with E-state index in [0.717, 1.165) is 6.54 Å². The Morgan fingerprint density at radius 1 is 1.25 bits per heavy atom. The molecule has 0 spiro atoms. The molecule has 0 aromatic heterocycles. The third kappa shape index (κ3) is 10.5. The van der Waals surface area contributed by atoms with Gasteiger partial charge in [0, 0.05) is 6.54 Å². The van der Waals surface area contributed by atoms with Crippen LogP contribution in [0.5, 0.6) is 0 Å². The number of rotatable bonds is 5. The lowest BCUT2D eigenvalue weighted by Gasteiger charge is -2.27. The number of aliphatic imine (C=N–C) groups is 1. The van der Waals surface area contributed by atoms with Gasteiger partial charge in [0.05, 0.1) is 12.1 Å². The van der Waals surface area contributed by atoms with E-state index in [1.54, 1.807) is 0 Å². The second-order valence-corrected chi connectivity index (χ2v) is 6.99. The maximum absolute atomic E-state index is 11.7. The quantitative estimate of drug-likeness (QED) is 0.531. The van der Waals surface area contributed by atoms with E-state index in [-0.39, 0.29) is 0 Å². The van der Waals surface area contributed by atoms with Crippen LogP contribution in [0.1, 0.15) is 48.5 Å². The van der Waals surface area contributed by atoms with Gasteiger partial charge in [0.15, 0.2) is 5.96 Å². The van der Waals surface area contributed by atoms with Gasteiger partial charge in [-0.3, -0.25) is 4.99 Å². The van der Waals surface area contributed by atoms with E-state index in [0.29, 0.717) is 18.4 Å². The maximum atomic E-state index is 11.7. The van der Waals surface area contributed by atoms with E-state index >= 15 is 0 Å². The Morgan fingerprint density at radius 2 is 1.80 bits per heavy atom. The number of hydrogen-bond acceptors (Lipinski definition) is 3. The Labute approximate surface area is 122 Å². The number of carbonyl (C=O) groups is 1. The summed E-state index contributed by atoms with van der Waals surface area (Å²) < 4.78 is 5.21. The molecule has 0 aromatic rings. The SMILES string of the molecule is CC(C)CNC(N)=NCC(C)(C)NC(=O)OC(C)(C)C. The molecule has 118 valence electrons. The molecule has 0 radical (unpaired) electrons. The third-order valence-corrected chi connectivity index (χ3v) is 2.18. The van der Waals surface area contributed by atoms with Crippen LogP contribution in [-0.4, -0.2) is 36.3 Å². The van der Waals surface area contributed by atoms with Gasteiger partial charge in [-0.25, -0.2) is 4.79 Å². The molecule has 0 saturated carbocycles. The van der Waals surface area contributed by atoms with E-state index in [1.807, 2.05) is 34.6 Å². The first-order valence-corrected chi connectivity index (χ1v) is 6.96. The number of nitrogens with two attached hydrogens (primary N) is 1. The summed E-state index contributed by atoms with van der Waals surface area (Å²) in [5.74, 6) is 0.884. The van der Waals surface area contributed by atoms with Crippen molar-refractivity contribution in [2.75, 3.05) is 13.1 Å². The van der Waals surface area contributed by atoms with Crippen molar-refractivity contribution < 1.29 is 9.53 Å². The zero-order valence-corrected chi connectivity index (χ0v) is 13.8. The highest BCUT2D eigenvalue weighted by molar-refractivity contribution is 5.78. The van der Waals surface area contributed by atoms with Crippen molar-refractivity contribution in [2.24, 2.45) is 16.6 Å². The fourth-order valence-corrected chi connectivity index (χ4v) is 1.27. The zero-order valence-electron chi connectivity index (χ0n) is 13.8. The van der Waals surface area contributed by atoms with Gasteiger partial charge in [0.2, 0.25) is 0 Å². The van der Waals surface area contributed by atoms with Crippen molar-refractivity contribution >= 4 is 12.1 Å². The topological polar surface area (TPSA) is 88.7 Å². The zero-order chi connectivity index (χ0) is 16.0. The lowest BCUT2D eigenvalue weighted by Crippen LogP contribution is -2.48. The monoisotopic (exact) mass is 286 g/mol. The van der Waals surface area contributed by atoms with E-state index in [2.05, 4.69) is 29.5 Å². The lowest BCUT2D eigenvalue weighted by atomic mass is 10.1. The molecule has 6 heteroatoms. The summed E-state index contributed by atoms with van der Waals surface area (Å²) in [6.45, 7) is 14.6. The summed E-state index contributed by atoms with van der Waals surface area (Å²) in [4.78, 5) is 15.9. The second kappa shape index (κ2) is 7.36. The third-order valence-electron chi connectivity index (χ3n) is 2.18. The highest BCUT2D eigenvalue weighted by atomic mass is 16.6. The number of guanidine groups is 1. The van der Waals surface area contributed by atoms with Crippen LogP contribution in [-0.2, 0) is 4.74 Å². The molecular formula is C14H30N4O2. The first-order chi connectivity index (χ1) is 8.91. The molecule has 1 amide bonds. The van der Waals surface area contributed by atoms with Gasteiger partial charge in [-0.15, -0.1) is 0 Å². The van der Waals surface area contributed by atoms with Crippen LogP contribution in [0.2, 0.25) is 0 Å². The van der Waals surface area contributed by atoms with Crippen LogP contribution >= 0.6 is 0 Å². The smallest absolute Gasteiger partial charge is 0.408 e. The van der Waals surface area contributed by atoms with Gasteiger partial charge in [-0.2, -0.15) is 0 Å². The number of amides is 1. The number of alkyl carbamates (subject to hydrolysis) is 1. The van der Waals surface area contributed by atoms with Gasteiger partial charge >= 0.3 is 6.09 Å². The highest BCUT2D eigenvalue weighted by Crippen LogP contribution is 2.09. The average Bonchev–Trinajstić information content (AvgIpc) is 2.19. The number of hydrogen-bond donors (Lipinski definition) is 3. The summed E-state index contributed by atoms with van der Waals surface area (Å²) in [5.41, 5.74) is 4.72. The fraction of sp³-hybridized carbons (Fsp3) is 0.857. The van der Waals surface area contributed by atoms with E-state index in [9.17, 15) is 4.79 Å². The van der Waals surface area contributed by atoms with Crippen molar-refractivity contribution in [3.05, 3.63) is 0 Å². The van der Waals surface area contributed by atoms with Gasteiger partial charge < -0.3 is 21.1 Å². The molecule has 0 heterocycles. The Kier molecular flexibility index (Phi) is 6.82. The highest BCUT2D eigenvalue weighted by Gasteiger charge is 2.24. The molecule has 0 aliphatic carbocycles. The van der Waals surface area contributed by atoms with Crippen LogP contribution in [0.3, 0.4) is 0 Å². The molecule has 0 atom stereocenters. The molecule has 0 aliphatic heterocycles. The summed E-state index contributed by atoms with van der Waals surface area (Å²) in [7, 11) is 0. The predicted octanol–water partition coefficient (Wildman–Crippen LogP) is 1.85. The minimum atomic E-state index is -0.521. The summed E-state index contributed by atoms with van der Waals surface area (Å²) in [6.07, 6.45) is -0.452. The Balaban J connectivity index is 4.30. The maximum Gasteiger partial charge on any atom is 0.408 e. The average molecular weight is 286 g/mol. The van der Waals surface area contributed by atoms with Crippen LogP contribution in [0, 0.1) is 5.92 Å². The normalized spacial score (nSPS) is 13.3. The standard InChI is InChI=1S/C14H30N4O2/c1-10(2)8-16-11(15)17-9-14(6,7)18-12(19)20-13(3,4)5/h10H,8-9H2,1-7H3,(H,18,19)(H3,15,16,17). The molecule has 0 unspecified atom stereocenters. The van der Waals surface area contributed by atoms with Crippen LogP contribution in [0.4, 0.5) is 4.79 Å². The number of carbonyl (C=O) groups excluding carboxylic acids is 1. The molecule has 20 heavy (non-hydrogen) atoms. The molecule has 4 N–H and O–H groups in total. The summed E-state index contributed by atoms with van der Waals surface area (Å²) in [5, 5.41) is 5.81. The van der Waals surface area contributed by atoms with E-state index in [4.69, 9.17) is 10.5 Å². The number of nitrogens with zero attached hydrogens (tertiary/aromatic N) is 1. The van der Waals surface area contributed by atoms with Crippen molar-refractivity contribution in [1.29, 1.82) is 0 Å². The molecule has 0 aromatic carbocycles. The van der Waals surface area contributed by atoms with E-state index in [1.165, 1.54) is 0 Å². The molecule has 0 aliphatic rings. The Bertz CT molecular complexity index is 344. The summed E-state index contributed by atoms with van der Waals surface area (Å²) >= 11 is 0. The lowest BCUT2D eigenvalue weighted by molar-refractivity contribution is 0.0476. The van der Waals surface area contributed by atoms with Crippen molar-refractivity contribution in [3.63, 3.8) is 0 Å². The molecule has 6 nitrogen and oxygen atoms in total. The van der Waals surface area contributed by atoms with Gasteiger partial charge in [-0.1, -0.05) is 13.8 Å². The molecule has 0 fully saturated rings. The van der Waals surface area contributed by atoms with Crippen molar-refractivity contribution in [2.45, 2.75) is 59.6 Å². The molecule has 0 bridgehead atoms. The predicted molar refractivity (Wildman–Crippen MR) is 82.8 cm³/mol. The minimum absolute atomic E-state index is 0.378. The van der Waals surface area contributed by atoms with E-state index < -0.39 is 17.2 Å². The summed E-state index contributed by atoms with van der Waals surface area (Å²) in [6, 6.07) is 0. The van der Waals surface area contributed by atoms with Crippen molar-refractivity contribution in [1.82, 2.24) is 10.6 Å². The number of nitrogens with one attached hydrogen (secondary N) is 2. The molecular weight excluding hydrogens is 256 g/mol. The van der Waals surface area contributed by atoms with Crippen LogP contribution in [0.15, 0.2) is 4.99 Å². The first-order valence-electron chi connectivity index (χ1n) is 6.96. The van der Waals surface area contributed by atoms with Gasteiger partial charge in [0.1, 0.15) is 5.60 Å². The number of ether oxygens (including phenoxy) is 1. The first kappa shape index (κ1) is 18.5. The Hall–Kier alpha value is -1.46. The fourth-order valence-electron chi connectivity index (χ4n) is 1.27. The van der Waals surface area contributed by atoms with Gasteiger partial charge in [-0.05, 0) is 40.5 Å². The minimum Gasteiger partial charge on any atom is -0.444 e. The van der Waals surface area contributed by atoms with Gasteiger partial charge in [0.25, 0.3) is 0 Å². The largest absolute Gasteiger partial charge is 0.444 e. The van der Waals surface area contributed by atoms with Crippen LogP contribution < -0.4 is 16.4 Å². The molecule has 0 rings (SSSR count). The van der Waals surface area contributed by atoms with Crippen molar-refractivity contribution in [3.8, 4) is 0 Å².